The maximum Gasteiger partial charge on any atom is 0.278 e. The zero-order valence-corrected chi connectivity index (χ0v) is 19.0. The van der Waals surface area contributed by atoms with Crippen LogP contribution in [0.5, 0.6) is 0 Å². The number of aryl methyl sites for hydroxylation is 4. The van der Waals surface area contributed by atoms with Gasteiger partial charge in [-0.15, -0.1) is 0 Å². The summed E-state index contributed by atoms with van der Waals surface area (Å²) in [5.41, 5.74) is 7.78. The molecule has 0 saturated heterocycles. The Morgan fingerprint density at radius 3 is 2.09 bits per heavy atom. The van der Waals surface area contributed by atoms with Gasteiger partial charge in [0.1, 0.15) is 5.70 Å². The summed E-state index contributed by atoms with van der Waals surface area (Å²) < 4.78 is 0. The van der Waals surface area contributed by atoms with Crippen LogP contribution in [0.1, 0.15) is 33.4 Å². The Morgan fingerprint density at radius 2 is 1.44 bits per heavy atom. The summed E-state index contributed by atoms with van der Waals surface area (Å²) in [4.78, 5) is 28.3. The summed E-state index contributed by atoms with van der Waals surface area (Å²) in [6.07, 6.45) is 0.620. The summed E-state index contributed by atoms with van der Waals surface area (Å²) in [5.74, 6) is -0.523. The molecule has 32 heavy (non-hydrogen) atoms. The molecule has 0 aromatic heterocycles. The van der Waals surface area contributed by atoms with Crippen LogP contribution in [-0.2, 0) is 16.0 Å². The van der Waals surface area contributed by atoms with Crippen LogP contribution in [0.2, 0.25) is 0 Å². The Morgan fingerprint density at radius 1 is 0.750 bits per heavy atom. The van der Waals surface area contributed by atoms with Gasteiger partial charge in [-0.05, 0) is 74.1 Å². The first-order valence-corrected chi connectivity index (χ1v) is 10.9. The van der Waals surface area contributed by atoms with Crippen molar-refractivity contribution in [2.45, 2.75) is 34.1 Å². The van der Waals surface area contributed by atoms with Gasteiger partial charge in [0.15, 0.2) is 0 Å². The van der Waals surface area contributed by atoms with E-state index in [2.05, 4.69) is 11.4 Å². The zero-order chi connectivity index (χ0) is 22.8. The first-order valence-electron chi connectivity index (χ1n) is 10.9. The molecule has 0 spiro atoms. The summed E-state index contributed by atoms with van der Waals surface area (Å²) >= 11 is 0. The number of hydrogen-bond donors (Lipinski definition) is 1. The lowest BCUT2D eigenvalue weighted by Gasteiger charge is -2.15. The SMILES string of the molecule is Cc1cc(C)cc(NC2=C(c3ccc(C)cc3C)C(=O)N(CCc3ccccc3)C2=O)c1. The number of anilines is 1. The molecule has 0 fully saturated rings. The molecule has 162 valence electrons. The zero-order valence-electron chi connectivity index (χ0n) is 19.0. The highest BCUT2D eigenvalue weighted by Crippen LogP contribution is 2.33. The second kappa shape index (κ2) is 8.83. The molecule has 0 atom stereocenters. The quantitative estimate of drug-likeness (QED) is 0.542. The van der Waals surface area contributed by atoms with Crippen LogP contribution in [0.3, 0.4) is 0 Å². The fourth-order valence-electron chi connectivity index (χ4n) is 4.32. The van der Waals surface area contributed by atoms with E-state index in [4.69, 9.17) is 0 Å². The molecule has 0 radical (unpaired) electrons. The Labute approximate surface area is 189 Å². The predicted molar refractivity (Wildman–Crippen MR) is 129 cm³/mol. The van der Waals surface area contributed by atoms with E-state index in [-0.39, 0.29) is 11.8 Å². The van der Waals surface area contributed by atoms with Crippen molar-refractivity contribution in [2.75, 3.05) is 11.9 Å². The standard InChI is InChI=1S/C28H28N2O2/c1-18-10-11-24(21(4)15-18)25-26(29-23-16-19(2)14-20(3)17-23)28(32)30(27(25)31)13-12-22-8-6-5-7-9-22/h5-11,14-17,29H,12-13H2,1-4H3. The molecule has 1 N–H and O–H groups in total. The molecule has 1 heterocycles. The van der Waals surface area contributed by atoms with Crippen molar-refractivity contribution in [1.82, 2.24) is 4.90 Å². The van der Waals surface area contributed by atoms with Gasteiger partial charge in [-0.2, -0.15) is 0 Å². The summed E-state index contributed by atoms with van der Waals surface area (Å²) in [5, 5.41) is 3.29. The molecule has 0 unspecified atom stereocenters. The maximum absolute atomic E-state index is 13.5. The van der Waals surface area contributed by atoms with Crippen LogP contribution in [0.25, 0.3) is 5.57 Å². The first kappa shape index (κ1) is 21.6. The van der Waals surface area contributed by atoms with Gasteiger partial charge in [-0.1, -0.05) is 60.2 Å². The van der Waals surface area contributed by atoms with Crippen molar-refractivity contribution in [3.8, 4) is 0 Å². The van der Waals surface area contributed by atoms with Crippen LogP contribution in [-0.4, -0.2) is 23.3 Å². The van der Waals surface area contributed by atoms with Crippen LogP contribution < -0.4 is 5.32 Å². The average Bonchev–Trinajstić information content (AvgIpc) is 2.96. The van der Waals surface area contributed by atoms with Gasteiger partial charge in [0.05, 0.1) is 5.57 Å². The third-order valence-electron chi connectivity index (χ3n) is 5.78. The van der Waals surface area contributed by atoms with Crippen molar-refractivity contribution in [3.05, 3.63) is 106 Å². The molecule has 4 nitrogen and oxygen atoms in total. The van der Waals surface area contributed by atoms with Crippen molar-refractivity contribution >= 4 is 23.1 Å². The number of hydrogen-bond acceptors (Lipinski definition) is 3. The molecule has 4 rings (SSSR count). The molecule has 4 heteroatoms. The molecule has 0 saturated carbocycles. The lowest BCUT2D eigenvalue weighted by molar-refractivity contribution is -0.136. The molecule has 1 aliphatic rings. The van der Waals surface area contributed by atoms with E-state index < -0.39 is 0 Å². The van der Waals surface area contributed by atoms with Crippen molar-refractivity contribution in [1.29, 1.82) is 0 Å². The summed E-state index contributed by atoms with van der Waals surface area (Å²) in [6, 6.07) is 21.9. The third kappa shape index (κ3) is 4.35. The van der Waals surface area contributed by atoms with E-state index in [1.807, 2.05) is 88.4 Å². The molecule has 3 aromatic rings. The fraction of sp³-hybridized carbons (Fsp3) is 0.214. The smallest absolute Gasteiger partial charge is 0.278 e. The fourth-order valence-corrected chi connectivity index (χ4v) is 4.32. The predicted octanol–water partition coefficient (Wildman–Crippen LogP) is 5.35. The van der Waals surface area contributed by atoms with E-state index in [0.717, 1.165) is 39.1 Å². The average molecular weight is 425 g/mol. The molecular formula is C28H28N2O2. The normalized spacial score (nSPS) is 13.8. The minimum Gasteiger partial charge on any atom is -0.350 e. The van der Waals surface area contributed by atoms with E-state index in [1.54, 1.807) is 0 Å². The lowest BCUT2D eigenvalue weighted by Crippen LogP contribution is -2.34. The summed E-state index contributed by atoms with van der Waals surface area (Å²) in [6.45, 7) is 8.38. The third-order valence-corrected chi connectivity index (χ3v) is 5.78. The number of nitrogens with one attached hydrogen (secondary N) is 1. The minimum atomic E-state index is -0.278. The monoisotopic (exact) mass is 424 g/mol. The number of imide groups is 1. The van der Waals surface area contributed by atoms with Crippen molar-refractivity contribution in [3.63, 3.8) is 0 Å². The van der Waals surface area contributed by atoms with Crippen LogP contribution >= 0.6 is 0 Å². The first-order chi connectivity index (χ1) is 15.3. The lowest BCUT2D eigenvalue weighted by atomic mass is 9.97. The van der Waals surface area contributed by atoms with Crippen LogP contribution in [0, 0.1) is 27.7 Å². The number of benzene rings is 3. The van der Waals surface area contributed by atoms with Gasteiger partial charge in [-0.3, -0.25) is 14.5 Å². The number of carbonyl (C=O) groups excluding carboxylic acids is 2. The highest BCUT2D eigenvalue weighted by molar-refractivity contribution is 6.36. The van der Waals surface area contributed by atoms with E-state index in [9.17, 15) is 9.59 Å². The van der Waals surface area contributed by atoms with Gasteiger partial charge in [0.25, 0.3) is 11.8 Å². The van der Waals surface area contributed by atoms with Gasteiger partial charge in [0, 0.05) is 12.2 Å². The van der Waals surface area contributed by atoms with Crippen molar-refractivity contribution < 1.29 is 9.59 Å². The van der Waals surface area contributed by atoms with E-state index in [0.29, 0.717) is 24.2 Å². The number of rotatable bonds is 6. The Bertz CT molecular complexity index is 1210. The molecule has 3 aromatic carbocycles. The Kier molecular flexibility index (Phi) is 5.95. The number of amides is 2. The molecule has 0 aliphatic carbocycles. The van der Waals surface area contributed by atoms with Gasteiger partial charge in [0.2, 0.25) is 0 Å². The molecular weight excluding hydrogens is 396 g/mol. The number of carbonyl (C=O) groups is 2. The topological polar surface area (TPSA) is 49.4 Å². The highest BCUT2D eigenvalue weighted by atomic mass is 16.2. The van der Waals surface area contributed by atoms with Gasteiger partial charge >= 0.3 is 0 Å². The second-order valence-electron chi connectivity index (χ2n) is 8.57. The van der Waals surface area contributed by atoms with Crippen molar-refractivity contribution in [2.24, 2.45) is 0 Å². The second-order valence-corrected chi connectivity index (χ2v) is 8.57. The van der Waals surface area contributed by atoms with Gasteiger partial charge < -0.3 is 5.32 Å². The largest absolute Gasteiger partial charge is 0.350 e. The van der Waals surface area contributed by atoms with Gasteiger partial charge in [-0.25, -0.2) is 0 Å². The summed E-state index contributed by atoms with van der Waals surface area (Å²) in [7, 11) is 0. The molecule has 1 aliphatic heterocycles. The van der Waals surface area contributed by atoms with E-state index >= 15 is 0 Å². The van der Waals surface area contributed by atoms with E-state index in [1.165, 1.54) is 4.90 Å². The Balaban J connectivity index is 1.73. The highest BCUT2D eigenvalue weighted by Gasteiger charge is 2.39. The maximum atomic E-state index is 13.5. The van der Waals surface area contributed by atoms with Crippen LogP contribution in [0.4, 0.5) is 5.69 Å². The molecule has 2 amide bonds. The minimum absolute atomic E-state index is 0.246. The van der Waals surface area contributed by atoms with Crippen LogP contribution in [0.15, 0.2) is 72.4 Å². The number of nitrogens with zero attached hydrogens (tertiary/aromatic N) is 1. The Hall–Kier alpha value is -3.66. The molecule has 0 bridgehead atoms.